The number of aromatic nitrogens is 7. The number of H-pyrrole nitrogens is 1. The summed E-state index contributed by atoms with van der Waals surface area (Å²) in [5.41, 5.74) is 6.42. The normalized spacial score (nSPS) is 14.5. The number of nitrogens with zero attached hydrogens (tertiary/aromatic N) is 6. The van der Waals surface area contributed by atoms with Crippen LogP contribution in [-0.2, 0) is 19.5 Å². The Morgan fingerprint density at radius 2 is 1.83 bits per heavy atom. The Hall–Kier alpha value is -3.55. The third-order valence-corrected chi connectivity index (χ3v) is 7.28. The number of hydrogen-bond donors (Lipinski definition) is 1. The molecule has 4 aromatic rings. The molecule has 3 aromatic heterocycles. The second-order valence-corrected chi connectivity index (χ2v) is 9.62. The first-order valence-corrected chi connectivity index (χ1v) is 12.7. The van der Waals surface area contributed by atoms with Crippen LogP contribution in [0.3, 0.4) is 0 Å². The van der Waals surface area contributed by atoms with Crippen LogP contribution in [-0.4, -0.2) is 34.7 Å². The van der Waals surface area contributed by atoms with Crippen molar-refractivity contribution in [2.45, 2.75) is 71.9 Å². The minimum atomic E-state index is 0.133. The van der Waals surface area contributed by atoms with Crippen molar-refractivity contribution in [2.24, 2.45) is 5.92 Å². The fourth-order valence-electron chi connectivity index (χ4n) is 5.39. The Bertz CT molecular complexity index is 1310. The summed E-state index contributed by atoms with van der Waals surface area (Å²) < 4.78 is 4.04. The number of tetrazole rings is 1. The van der Waals surface area contributed by atoms with Gasteiger partial charge in [-0.25, -0.2) is 4.79 Å². The Kier molecular flexibility index (Phi) is 6.88. The smallest absolute Gasteiger partial charge is 0.296 e. The average molecular weight is 472 g/mol. The fourth-order valence-corrected chi connectivity index (χ4v) is 5.39. The fraction of sp³-hybridized carbons (Fsp3) is 0.444. The molecule has 0 atom stereocenters. The van der Waals surface area contributed by atoms with E-state index in [1.807, 2.05) is 15.2 Å². The van der Waals surface area contributed by atoms with Crippen LogP contribution < -0.4 is 5.69 Å². The van der Waals surface area contributed by atoms with Gasteiger partial charge in [0.25, 0.3) is 0 Å². The zero-order valence-corrected chi connectivity index (χ0v) is 20.6. The Balaban J connectivity index is 1.42. The van der Waals surface area contributed by atoms with E-state index in [1.54, 1.807) is 12.4 Å². The highest BCUT2D eigenvalue weighted by molar-refractivity contribution is 5.79. The van der Waals surface area contributed by atoms with Crippen molar-refractivity contribution in [3.05, 3.63) is 70.2 Å². The third kappa shape index (κ3) is 4.83. The molecule has 8 heteroatoms. The Morgan fingerprint density at radius 3 is 2.54 bits per heavy atom. The molecule has 0 bridgehead atoms. The number of imidazole rings is 1. The summed E-state index contributed by atoms with van der Waals surface area (Å²) in [7, 11) is 0. The first kappa shape index (κ1) is 23.2. The van der Waals surface area contributed by atoms with Gasteiger partial charge in [0.05, 0.1) is 6.54 Å². The molecule has 1 N–H and O–H groups in total. The Labute approximate surface area is 205 Å². The lowest BCUT2D eigenvalue weighted by molar-refractivity contribution is 0.313. The molecule has 5 rings (SSSR count). The molecule has 1 fully saturated rings. The highest BCUT2D eigenvalue weighted by Crippen LogP contribution is 2.29. The van der Waals surface area contributed by atoms with E-state index in [0.717, 1.165) is 47.3 Å². The average Bonchev–Trinajstić information content (AvgIpc) is 3.51. The minimum absolute atomic E-state index is 0.133. The van der Waals surface area contributed by atoms with Gasteiger partial charge in [-0.15, -0.1) is 10.2 Å². The number of nitrogens with one attached hydrogen (secondary N) is 1. The molecular formula is C27H33N7O. The largest absolute Gasteiger partial charge is 0.328 e. The first-order valence-electron chi connectivity index (χ1n) is 12.7. The molecule has 0 aliphatic heterocycles. The molecule has 1 saturated carbocycles. The minimum Gasteiger partial charge on any atom is -0.296 e. The van der Waals surface area contributed by atoms with Crippen molar-refractivity contribution in [3.8, 4) is 22.5 Å². The van der Waals surface area contributed by atoms with Crippen LogP contribution in [0.4, 0.5) is 0 Å². The standard InChI is InChI=1S/C27H33N7O/c1-3-7-25-19(2)33(17-20-8-5-4-6-9-20)27(35)34(25)18-21-10-12-22(13-11-21)23-14-15-28-16-24(23)26-29-31-32-30-26/h10-16,20H,3-9,17-18H2,1-2H3,(H,29,30,31,32). The molecule has 0 radical (unpaired) electrons. The molecule has 1 aliphatic rings. The summed E-state index contributed by atoms with van der Waals surface area (Å²) in [5, 5.41) is 14.4. The molecule has 0 saturated heterocycles. The van der Waals surface area contributed by atoms with Crippen LogP contribution in [0.25, 0.3) is 22.5 Å². The van der Waals surface area contributed by atoms with E-state index in [9.17, 15) is 4.79 Å². The first-order chi connectivity index (χ1) is 17.2. The van der Waals surface area contributed by atoms with Gasteiger partial charge in [-0.3, -0.25) is 14.1 Å². The maximum absolute atomic E-state index is 13.5. The number of pyridine rings is 1. The van der Waals surface area contributed by atoms with E-state index in [4.69, 9.17) is 0 Å². The molecule has 35 heavy (non-hydrogen) atoms. The van der Waals surface area contributed by atoms with E-state index in [0.29, 0.717) is 18.3 Å². The predicted octanol–water partition coefficient (Wildman–Crippen LogP) is 4.78. The van der Waals surface area contributed by atoms with Crippen molar-refractivity contribution in [1.82, 2.24) is 34.7 Å². The van der Waals surface area contributed by atoms with Crippen molar-refractivity contribution in [1.29, 1.82) is 0 Å². The lowest BCUT2D eigenvalue weighted by atomic mass is 9.89. The summed E-state index contributed by atoms with van der Waals surface area (Å²) in [4.78, 5) is 17.8. The molecule has 182 valence electrons. The lowest BCUT2D eigenvalue weighted by Gasteiger charge is -2.22. The van der Waals surface area contributed by atoms with Crippen LogP contribution in [0, 0.1) is 12.8 Å². The zero-order chi connectivity index (χ0) is 24.2. The van der Waals surface area contributed by atoms with Crippen LogP contribution in [0.1, 0.15) is 62.4 Å². The topological polar surface area (TPSA) is 94.3 Å². The molecular weight excluding hydrogens is 438 g/mol. The van der Waals surface area contributed by atoms with E-state index >= 15 is 0 Å². The van der Waals surface area contributed by atoms with E-state index in [1.165, 1.54) is 37.8 Å². The number of rotatable bonds is 8. The SMILES string of the molecule is CCCc1c(C)n(CC2CCCCC2)c(=O)n1Cc1ccc(-c2ccncc2-c2nn[nH]n2)cc1. The van der Waals surface area contributed by atoms with Gasteiger partial charge in [0.15, 0.2) is 0 Å². The van der Waals surface area contributed by atoms with Gasteiger partial charge in [0.2, 0.25) is 5.82 Å². The van der Waals surface area contributed by atoms with Crippen molar-refractivity contribution >= 4 is 0 Å². The molecule has 8 nitrogen and oxygen atoms in total. The van der Waals surface area contributed by atoms with Crippen LogP contribution >= 0.6 is 0 Å². The van der Waals surface area contributed by atoms with Gasteiger partial charge >= 0.3 is 5.69 Å². The maximum Gasteiger partial charge on any atom is 0.328 e. The van der Waals surface area contributed by atoms with Gasteiger partial charge in [0.1, 0.15) is 0 Å². The van der Waals surface area contributed by atoms with Gasteiger partial charge in [-0.05, 0) is 60.1 Å². The van der Waals surface area contributed by atoms with Gasteiger partial charge < -0.3 is 0 Å². The third-order valence-electron chi connectivity index (χ3n) is 7.28. The highest BCUT2D eigenvalue weighted by atomic mass is 16.1. The molecule has 0 amide bonds. The molecule has 1 aromatic carbocycles. The maximum atomic E-state index is 13.5. The van der Waals surface area contributed by atoms with E-state index in [2.05, 4.69) is 63.7 Å². The quantitative estimate of drug-likeness (QED) is 0.399. The Morgan fingerprint density at radius 1 is 1.03 bits per heavy atom. The molecule has 3 heterocycles. The number of benzene rings is 1. The second kappa shape index (κ2) is 10.4. The molecule has 0 unspecified atom stereocenters. The summed E-state index contributed by atoms with van der Waals surface area (Å²) in [5.74, 6) is 1.14. The van der Waals surface area contributed by atoms with Crippen molar-refractivity contribution in [2.75, 3.05) is 0 Å². The van der Waals surface area contributed by atoms with E-state index < -0.39 is 0 Å². The summed E-state index contributed by atoms with van der Waals surface area (Å²) in [6.07, 6.45) is 11.8. The summed E-state index contributed by atoms with van der Waals surface area (Å²) in [6, 6.07) is 10.3. The molecule has 1 aliphatic carbocycles. The van der Waals surface area contributed by atoms with Gasteiger partial charge in [0, 0.05) is 35.9 Å². The summed E-state index contributed by atoms with van der Waals surface area (Å²) in [6.45, 7) is 5.74. The van der Waals surface area contributed by atoms with Crippen molar-refractivity contribution in [3.63, 3.8) is 0 Å². The van der Waals surface area contributed by atoms with Crippen molar-refractivity contribution < 1.29 is 0 Å². The number of aromatic amines is 1. The van der Waals surface area contributed by atoms with Crippen LogP contribution in [0.2, 0.25) is 0 Å². The second-order valence-electron chi connectivity index (χ2n) is 9.62. The zero-order valence-electron chi connectivity index (χ0n) is 20.6. The highest BCUT2D eigenvalue weighted by Gasteiger charge is 2.21. The number of hydrogen-bond acceptors (Lipinski definition) is 5. The van der Waals surface area contributed by atoms with Crippen LogP contribution in [0.5, 0.6) is 0 Å². The van der Waals surface area contributed by atoms with Gasteiger partial charge in [-0.1, -0.05) is 56.9 Å². The summed E-state index contributed by atoms with van der Waals surface area (Å²) >= 11 is 0. The predicted molar refractivity (Wildman–Crippen MR) is 136 cm³/mol. The molecule has 0 spiro atoms. The van der Waals surface area contributed by atoms with Gasteiger partial charge in [-0.2, -0.15) is 5.21 Å². The monoisotopic (exact) mass is 471 g/mol. The lowest BCUT2D eigenvalue weighted by Crippen LogP contribution is -2.28. The van der Waals surface area contributed by atoms with E-state index in [-0.39, 0.29) is 5.69 Å². The van der Waals surface area contributed by atoms with Crippen LogP contribution in [0.15, 0.2) is 47.5 Å².